The van der Waals surface area contributed by atoms with Gasteiger partial charge in [-0.05, 0) is 18.2 Å². The molecule has 1 rings (SSSR count). The molecule has 3 nitrogen and oxygen atoms in total. The molecule has 0 aliphatic carbocycles. The number of carbonyl (C=O) groups is 1. The summed E-state index contributed by atoms with van der Waals surface area (Å²) in [7, 11) is 1.12. The van der Waals surface area contributed by atoms with E-state index in [1.807, 2.05) is 0 Å². The normalized spacial score (nSPS) is 11.1. The third-order valence-electron chi connectivity index (χ3n) is 1.94. The zero-order valence-electron chi connectivity index (χ0n) is 8.77. The molecule has 0 aromatic heterocycles. The van der Waals surface area contributed by atoms with E-state index >= 15 is 0 Å². The van der Waals surface area contributed by atoms with Crippen LogP contribution in [-0.4, -0.2) is 19.6 Å². The van der Waals surface area contributed by atoms with Crippen LogP contribution in [0.15, 0.2) is 18.2 Å². The topological polar surface area (TPSA) is 38.3 Å². The molecule has 0 saturated heterocycles. The van der Waals surface area contributed by atoms with Crippen LogP contribution in [0.1, 0.15) is 5.56 Å². The average Bonchev–Trinajstić information content (AvgIpc) is 2.26. The molecular weight excluding hydrogens is 242 g/mol. The molecule has 0 aliphatic rings. The van der Waals surface area contributed by atoms with Crippen molar-refractivity contribution in [3.8, 4) is 0 Å². The summed E-state index contributed by atoms with van der Waals surface area (Å²) in [6.07, 6.45) is -4.56. The zero-order valence-corrected chi connectivity index (χ0v) is 8.77. The molecule has 0 amide bonds. The molecule has 1 aromatic carbocycles. The van der Waals surface area contributed by atoms with Crippen LogP contribution in [-0.2, 0) is 15.7 Å². The lowest BCUT2D eigenvalue weighted by molar-refractivity contribution is -0.138. The predicted octanol–water partition coefficient (Wildman–Crippen LogP) is 2.43. The Morgan fingerprint density at radius 2 is 2.06 bits per heavy atom. The maximum atomic E-state index is 13.1. The SMILES string of the molecule is COC(=O)CNc1cc(C(F)(F)F)ccc1F. The maximum absolute atomic E-state index is 13.1. The Labute approximate surface area is 94.4 Å². The number of esters is 1. The van der Waals surface area contributed by atoms with Gasteiger partial charge in [0.2, 0.25) is 0 Å². The summed E-state index contributed by atoms with van der Waals surface area (Å²) >= 11 is 0. The van der Waals surface area contributed by atoms with Gasteiger partial charge in [-0.15, -0.1) is 0 Å². The number of anilines is 1. The number of nitrogens with one attached hydrogen (secondary N) is 1. The van der Waals surface area contributed by atoms with E-state index < -0.39 is 35.8 Å². The second kappa shape index (κ2) is 5.03. The van der Waals surface area contributed by atoms with Gasteiger partial charge < -0.3 is 10.1 Å². The van der Waals surface area contributed by atoms with Crippen molar-refractivity contribution in [1.29, 1.82) is 0 Å². The molecule has 0 fully saturated rings. The van der Waals surface area contributed by atoms with Crippen LogP contribution in [0.25, 0.3) is 0 Å². The molecule has 7 heteroatoms. The second-order valence-electron chi connectivity index (χ2n) is 3.12. The molecule has 0 aliphatic heterocycles. The van der Waals surface area contributed by atoms with Crippen LogP contribution in [0.4, 0.5) is 23.2 Å². The Hall–Kier alpha value is -1.79. The lowest BCUT2D eigenvalue weighted by atomic mass is 10.2. The van der Waals surface area contributed by atoms with E-state index in [0.29, 0.717) is 18.2 Å². The van der Waals surface area contributed by atoms with Gasteiger partial charge in [-0.25, -0.2) is 4.39 Å². The molecule has 0 bridgehead atoms. The summed E-state index contributed by atoms with van der Waals surface area (Å²) in [6, 6.07) is 1.90. The first-order valence-electron chi connectivity index (χ1n) is 4.52. The van der Waals surface area contributed by atoms with Gasteiger partial charge in [-0.3, -0.25) is 4.79 Å². The first kappa shape index (κ1) is 13.3. The fourth-order valence-electron chi connectivity index (χ4n) is 1.08. The number of hydrogen-bond acceptors (Lipinski definition) is 3. The van der Waals surface area contributed by atoms with Crippen molar-refractivity contribution in [2.24, 2.45) is 0 Å². The molecule has 1 aromatic rings. The molecule has 0 atom stereocenters. The van der Waals surface area contributed by atoms with E-state index in [1.54, 1.807) is 0 Å². The zero-order chi connectivity index (χ0) is 13.1. The lowest BCUT2D eigenvalue weighted by Gasteiger charge is -2.10. The highest BCUT2D eigenvalue weighted by molar-refractivity contribution is 5.74. The standard InChI is InChI=1S/C10H9F4NO2/c1-17-9(16)5-15-8-4-6(10(12,13)14)2-3-7(8)11/h2-4,15H,5H2,1H3. The maximum Gasteiger partial charge on any atom is 0.416 e. The number of methoxy groups -OCH3 is 1. The van der Waals surface area contributed by atoms with Crippen molar-refractivity contribution in [2.75, 3.05) is 19.0 Å². The van der Waals surface area contributed by atoms with Crippen molar-refractivity contribution in [1.82, 2.24) is 0 Å². The Morgan fingerprint density at radius 3 is 2.59 bits per heavy atom. The number of carbonyl (C=O) groups excluding carboxylic acids is 1. The van der Waals surface area contributed by atoms with Gasteiger partial charge in [0.05, 0.1) is 18.4 Å². The highest BCUT2D eigenvalue weighted by Gasteiger charge is 2.31. The number of ether oxygens (including phenoxy) is 1. The summed E-state index contributed by atoms with van der Waals surface area (Å²) in [5, 5.41) is 2.23. The van der Waals surface area contributed by atoms with E-state index in [4.69, 9.17) is 0 Å². The fourth-order valence-corrected chi connectivity index (χ4v) is 1.08. The Kier molecular flexibility index (Phi) is 3.93. The van der Waals surface area contributed by atoms with Crippen molar-refractivity contribution in [3.63, 3.8) is 0 Å². The van der Waals surface area contributed by atoms with Gasteiger partial charge >= 0.3 is 12.1 Å². The number of benzene rings is 1. The Balaban J connectivity index is 2.88. The Morgan fingerprint density at radius 1 is 1.41 bits per heavy atom. The molecule has 0 saturated carbocycles. The predicted molar refractivity (Wildman–Crippen MR) is 51.9 cm³/mol. The molecule has 94 valence electrons. The van der Waals surface area contributed by atoms with E-state index in [-0.39, 0.29) is 0 Å². The molecule has 0 radical (unpaired) electrons. The van der Waals surface area contributed by atoms with Gasteiger partial charge in [-0.1, -0.05) is 0 Å². The smallest absolute Gasteiger partial charge is 0.416 e. The van der Waals surface area contributed by atoms with Crippen LogP contribution >= 0.6 is 0 Å². The minimum Gasteiger partial charge on any atom is -0.468 e. The van der Waals surface area contributed by atoms with Crippen LogP contribution in [0.3, 0.4) is 0 Å². The van der Waals surface area contributed by atoms with Gasteiger partial charge in [0.15, 0.2) is 0 Å². The largest absolute Gasteiger partial charge is 0.468 e. The van der Waals surface area contributed by atoms with Gasteiger partial charge in [0.1, 0.15) is 12.4 Å². The number of hydrogen-bond donors (Lipinski definition) is 1. The van der Waals surface area contributed by atoms with Crippen molar-refractivity contribution in [2.45, 2.75) is 6.18 Å². The summed E-state index contributed by atoms with van der Waals surface area (Å²) < 4.78 is 54.4. The van der Waals surface area contributed by atoms with Crippen LogP contribution in [0, 0.1) is 5.82 Å². The minimum absolute atomic E-state index is 0.398. The fraction of sp³-hybridized carbons (Fsp3) is 0.300. The summed E-state index contributed by atoms with van der Waals surface area (Å²) in [6.45, 7) is -0.408. The number of alkyl halides is 3. The number of halogens is 4. The summed E-state index contributed by atoms with van der Waals surface area (Å²) in [4.78, 5) is 10.7. The molecular formula is C10H9F4NO2. The first-order chi connectivity index (χ1) is 7.84. The van der Waals surface area contributed by atoms with Crippen LogP contribution in [0.5, 0.6) is 0 Å². The highest BCUT2D eigenvalue weighted by Crippen LogP contribution is 2.31. The van der Waals surface area contributed by atoms with E-state index in [0.717, 1.165) is 7.11 Å². The van der Waals surface area contributed by atoms with E-state index in [1.165, 1.54) is 0 Å². The van der Waals surface area contributed by atoms with Gasteiger partial charge in [-0.2, -0.15) is 13.2 Å². The minimum atomic E-state index is -4.56. The molecule has 1 N–H and O–H groups in total. The molecule has 0 unspecified atom stereocenters. The summed E-state index contributed by atoms with van der Waals surface area (Å²) in [5.41, 5.74) is -1.39. The monoisotopic (exact) mass is 251 g/mol. The summed E-state index contributed by atoms with van der Waals surface area (Å²) in [5.74, 6) is -1.58. The first-order valence-corrected chi connectivity index (χ1v) is 4.52. The van der Waals surface area contributed by atoms with Crippen LogP contribution < -0.4 is 5.32 Å². The van der Waals surface area contributed by atoms with Crippen molar-refractivity contribution in [3.05, 3.63) is 29.6 Å². The second-order valence-corrected chi connectivity index (χ2v) is 3.12. The third kappa shape index (κ3) is 3.61. The van der Waals surface area contributed by atoms with Gasteiger partial charge in [0.25, 0.3) is 0 Å². The highest BCUT2D eigenvalue weighted by atomic mass is 19.4. The lowest BCUT2D eigenvalue weighted by Crippen LogP contribution is -2.16. The van der Waals surface area contributed by atoms with Crippen molar-refractivity contribution >= 4 is 11.7 Å². The van der Waals surface area contributed by atoms with Gasteiger partial charge in [0, 0.05) is 0 Å². The molecule has 17 heavy (non-hydrogen) atoms. The van der Waals surface area contributed by atoms with Crippen LogP contribution in [0.2, 0.25) is 0 Å². The Bertz CT molecular complexity index is 417. The molecule has 0 heterocycles. The number of rotatable bonds is 3. The molecule has 0 spiro atoms. The average molecular weight is 251 g/mol. The van der Waals surface area contributed by atoms with Crippen molar-refractivity contribution < 1.29 is 27.1 Å². The third-order valence-corrected chi connectivity index (χ3v) is 1.94. The quantitative estimate of drug-likeness (QED) is 0.662. The van der Waals surface area contributed by atoms with E-state index in [9.17, 15) is 22.4 Å². The van der Waals surface area contributed by atoms with E-state index in [2.05, 4.69) is 10.1 Å².